The van der Waals surface area contributed by atoms with E-state index >= 15 is 0 Å². The average molecular weight is 338 g/mol. The Kier molecular flexibility index (Phi) is 4.24. The second-order valence-electron chi connectivity index (χ2n) is 4.29. The van der Waals surface area contributed by atoms with Crippen molar-refractivity contribution in [1.82, 2.24) is 0 Å². The summed E-state index contributed by atoms with van der Waals surface area (Å²) in [7, 11) is -4.80. The molecular formula is C12H8N3O7S-. The summed E-state index contributed by atoms with van der Waals surface area (Å²) in [6, 6.07) is 7.84. The molecule has 0 aliphatic rings. The van der Waals surface area contributed by atoms with Gasteiger partial charge in [0.15, 0.2) is 0 Å². The minimum Gasteiger partial charge on any atom is -0.744 e. The largest absolute Gasteiger partial charge is 0.744 e. The molecule has 0 aromatic heterocycles. The molecule has 0 spiro atoms. The molecule has 2 rings (SSSR count). The van der Waals surface area contributed by atoms with Gasteiger partial charge < -0.3 is 9.87 Å². The number of rotatable bonds is 5. The maximum absolute atomic E-state index is 11.2. The molecule has 0 saturated carbocycles. The number of nitrogens with zero attached hydrogens (tertiary/aromatic N) is 2. The maximum atomic E-state index is 11.2. The van der Waals surface area contributed by atoms with Crippen LogP contribution < -0.4 is 5.32 Å². The Bertz CT molecular complexity index is 895. The van der Waals surface area contributed by atoms with Gasteiger partial charge in [0.2, 0.25) is 0 Å². The third-order valence-corrected chi connectivity index (χ3v) is 3.71. The lowest BCUT2D eigenvalue weighted by molar-refractivity contribution is -0.393. The molecule has 0 bridgehead atoms. The van der Waals surface area contributed by atoms with E-state index in [9.17, 15) is 33.2 Å². The van der Waals surface area contributed by atoms with Crippen molar-refractivity contribution in [3.63, 3.8) is 0 Å². The molecule has 0 aliphatic carbocycles. The fraction of sp³-hybridized carbons (Fsp3) is 0. The summed E-state index contributed by atoms with van der Waals surface area (Å²) in [4.78, 5) is 19.5. The lowest BCUT2D eigenvalue weighted by Crippen LogP contribution is -2.05. The van der Waals surface area contributed by atoms with Gasteiger partial charge in [-0.1, -0.05) is 12.1 Å². The molecule has 2 aromatic carbocycles. The van der Waals surface area contributed by atoms with E-state index in [1.165, 1.54) is 18.2 Å². The van der Waals surface area contributed by atoms with Crippen molar-refractivity contribution >= 4 is 32.9 Å². The van der Waals surface area contributed by atoms with Crippen molar-refractivity contribution in [3.8, 4) is 0 Å². The molecule has 0 fully saturated rings. The van der Waals surface area contributed by atoms with Gasteiger partial charge in [-0.25, -0.2) is 8.42 Å². The van der Waals surface area contributed by atoms with E-state index in [0.717, 1.165) is 24.3 Å². The number of hydrogen-bond donors (Lipinski definition) is 1. The summed E-state index contributed by atoms with van der Waals surface area (Å²) < 4.78 is 33.6. The van der Waals surface area contributed by atoms with Crippen LogP contribution in [0.2, 0.25) is 0 Å². The quantitative estimate of drug-likeness (QED) is 0.493. The number of nitro groups is 2. The van der Waals surface area contributed by atoms with E-state index in [-0.39, 0.29) is 11.4 Å². The minimum atomic E-state index is -4.80. The van der Waals surface area contributed by atoms with Crippen LogP contribution in [0.3, 0.4) is 0 Å². The van der Waals surface area contributed by atoms with Crippen molar-refractivity contribution in [2.24, 2.45) is 0 Å². The van der Waals surface area contributed by atoms with Gasteiger partial charge in [0.25, 0.3) is 11.4 Å². The van der Waals surface area contributed by atoms with Crippen LogP contribution in [0.25, 0.3) is 0 Å². The fourth-order valence-corrected chi connectivity index (χ4v) is 2.46. The molecule has 1 N–H and O–H groups in total. The van der Waals surface area contributed by atoms with Crippen LogP contribution >= 0.6 is 0 Å². The van der Waals surface area contributed by atoms with Crippen molar-refractivity contribution in [2.45, 2.75) is 4.90 Å². The Labute approximate surface area is 129 Å². The van der Waals surface area contributed by atoms with E-state index in [4.69, 9.17) is 0 Å². The summed E-state index contributed by atoms with van der Waals surface area (Å²) in [5.41, 5.74) is -1.47. The summed E-state index contributed by atoms with van der Waals surface area (Å²) in [5.74, 6) is 0. The Morgan fingerprint density at radius 2 is 1.57 bits per heavy atom. The van der Waals surface area contributed by atoms with Gasteiger partial charge in [-0.15, -0.1) is 0 Å². The molecule has 0 amide bonds. The predicted molar refractivity (Wildman–Crippen MR) is 77.4 cm³/mol. The number of para-hydroxylation sites is 1. The average Bonchev–Trinajstić information content (AvgIpc) is 2.46. The van der Waals surface area contributed by atoms with Gasteiger partial charge in [0.05, 0.1) is 26.5 Å². The highest BCUT2D eigenvalue weighted by atomic mass is 32.2. The smallest absolute Gasteiger partial charge is 0.299 e. The zero-order chi connectivity index (χ0) is 17.2. The summed E-state index contributed by atoms with van der Waals surface area (Å²) in [6.45, 7) is 0. The lowest BCUT2D eigenvalue weighted by Gasteiger charge is -2.14. The fourth-order valence-electron chi connectivity index (χ4n) is 1.82. The second-order valence-corrected chi connectivity index (χ2v) is 5.64. The third kappa shape index (κ3) is 3.59. The molecular weight excluding hydrogens is 330 g/mol. The Morgan fingerprint density at radius 1 is 0.913 bits per heavy atom. The SMILES string of the molecule is O=[N+]([O-])c1ccc(Nc2ccccc2S(=O)(=O)[O-])c([N+](=O)[O-])c1. The van der Waals surface area contributed by atoms with Crippen molar-refractivity contribution in [1.29, 1.82) is 0 Å². The van der Waals surface area contributed by atoms with Crippen molar-refractivity contribution in [2.75, 3.05) is 5.32 Å². The summed E-state index contributed by atoms with van der Waals surface area (Å²) >= 11 is 0. The van der Waals surface area contributed by atoms with Gasteiger partial charge in [0.1, 0.15) is 15.8 Å². The van der Waals surface area contributed by atoms with E-state index in [2.05, 4.69) is 5.32 Å². The first kappa shape index (κ1) is 16.3. The van der Waals surface area contributed by atoms with Crippen LogP contribution in [0.1, 0.15) is 0 Å². The molecule has 0 unspecified atom stereocenters. The minimum absolute atomic E-state index is 0.167. The number of benzene rings is 2. The van der Waals surface area contributed by atoms with Crippen molar-refractivity contribution < 1.29 is 22.8 Å². The molecule has 0 radical (unpaired) electrons. The zero-order valence-corrected chi connectivity index (χ0v) is 12.0. The van der Waals surface area contributed by atoms with Crippen LogP contribution in [0.5, 0.6) is 0 Å². The molecule has 120 valence electrons. The van der Waals surface area contributed by atoms with E-state index in [0.29, 0.717) is 0 Å². The van der Waals surface area contributed by atoms with Crippen LogP contribution in [0.4, 0.5) is 22.7 Å². The topological polar surface area (TPSA) is 156 Å². The summed E-state index contributed by atoms with van der Waals surface area (Å²) in [6.07, 6.45) is 0. The number of hydrogen-bond acceptors (Lipinski definition) is 8. The monoisotopic (exact) mass is 338 g/mol. The van der Waals surface area contributed by atoms with E-state index in [1.54, 1.807) is 0 Å². The van der Waals surface area contributed by atoms with Crippen LogP contribution in [0.15, 0.2) is 47.4 Å². The van der Waals surface area contributed by atoms with E-state index in [1.807, 2.05) is 0 Å². The number of nitro benzene ring substituents is 2. The molecule has 0 aliphatic heterocycles. The van der Waals surface area contributed by atoms with E-state index < -0.39 is 36.2 Å². The Morgan fingerprint density at radius 3 is 2.13 bits per heavy atom. The maximum Gasteiger partial charge on any atom is 0.299 e. The molecule has 0 saturated heterocycles. The molecule has 0 atom stereocenters. The lowest BCUT2D eigenvalue weighted by atomic mass is 10.2. The zero-order valence-electron chi connectivity index (χ0n) is 11.2. The Hall–Kier alpha value is -3.05. The molecule has 2 aromatic rings. The first-order chi connectivity index (χ1) is 10.7. The first-order valence-corrected chi connectivity index (χ1v) is 7.36. The van der Waals surface area contributed by atoms with Gasteiger partial charge in [-0.2, -0.15) is 0 Å². The Balaban J connectivity index is 2.54. The second kappa shape index (κ2) is 5.98. The third-order valence-electron chi connectivity index (χ3n) is 2.81. The standard InChI is InChI=1S/C12H9N3O7S/c16-14(17)8-5-6-9(11(7-8)15(18)19)13-10-3-1-2-4-12(10)23(20,21)22/h1-7,13H,(H,20,21,22)/p-1. The highest BCUT2D eigenvalue weighted by Crippen LogP contribution is 2.33. The van der Waals surface area contributed by atoms with Gasteiger partial charge in [-0.3, -0.25) is 20.2 Å². The van der Waals surface area contributed by atoms with Gasteiger partial charge in [0, 0.05) is 6.07 Å². The van der Waals surface area contributed by atoms with Crippen LogP contribution in [-0.2, 0) is 10.1 Å². The number of nitrogens with one attached hydrogen (secondary N) is 1. The summed E-state index contributed by atoms with van der Waals surface area (Å²) in [5, 5.41) is 24.2. The van der Waals surface area contributed by atoms with Gasteiger partial charge in [-0.05, 0) is 18.2 Å². The molecule has 0 heterocycles. The molecule has 23 heavy (non-hydrogen) atoms. The molecule has 10 nitrogen and oxygen atoms in total. The normalized spacial score (nSPS) is 11.0. The number of non-ortho nitro benzene ring substituents is 1. The number of anilines is 2. The first-order valence-electron chi connectivity index (χ1n) is 5.95. The van der Waals surface area contributed by atoms with Gasteiger partial charge >= 0.3 is 0 Å². The van der Waals surface area contributed by atoms with Crippen LogP contribution in [-0.4, -0.2) is 22.8 Å². The van der Waals surface area contributed by atoms with Crippen LogP contribution in [0, 0.1) is 20.2 Å². The molecule has 11 heteroatoms. The predicted octanol–water partition coefficient (Wildman–Crippen LogP) is 2.15. The highest BCUT2D eigenvalue weighted by molar-refractivity contribution is 7.86. The highest BCUT2D eigenvalue weighted by Gasteiger charge is 2.20. The van der Waals surface area contributed by atoms with Crippen molar-refractivity contribution in [3.05, 3.63) is 62.7 Å².